The standard InChI is InChI=1S/C19H19N/c1-12-13(2)20-14(3)18(15-8-5-4-6-9-15)17-11-7-10-16(12)19(17)20/h4-13H,1-3H3. The first-order valence-corrected chi connectivity index (χ1v) is 7.39. The minimum atomic E-state index is 0.548. The molecular formula is C19H19N. The van der Waals surface area contributed by atoms with E-state index in [-0.39, 0.29) is 0 Å². The molecule has 1 aliphatic heterocycles. The number of hydrogen-bond donors (Lipinski definition) is 0. The SMILES string of the molecule is Cc1c(-c2ccccc2)c2cccc3c2n1C(C)C3C. The van der Waals surface area contributed by atoms with Crippen LogP contribution in [0.3, 0.4) is 0 Å². The molecule has 0 aliphatic carbocycles. The Kier molecular flexibility index (Phi) is 2.35. The first-order chi connectivity index (χ1) is 9.70. The molecule has 100 valence electrons. The summed E-state index contributed by atoms with van der Waals surface area (Å²) in [7, 11) is 0. The Morgan fingerprint density at radius 1 is 0.900 bits per heavy atom. The van der Waals surface area contributed by atoms with Crippen molar-refractivity contribution in [3.63, 3.8) is 0 Å². The Balaban J connectivity index is 2.14. The molecule has 1 nitrogen and oxygen atoms in total. The number of benzene rings is 2. The van der Waals surface area contributed by atoms with Crippen molar-refractivity contribution >= 4 is 10.9 Å². The lowest BCUT2D eigenvalue weighted by Gasteiger charge is -2.16. The van der Waals surface area contributed by atoms with E-state index >= 15 is 0 Å². The highest BCUT2D eigenvalue weighted by Gasteiger charge is 2.31. The van der Waals surface area contributed by atoms with Gasteiger partial charge in [0.05, 0.1) is 5.52 Å². The van der Waals surface area contributed by atoms with Gasteiger partial charge in [-0.2, -0.15) is 0 Å². The number of nitrogens with zero attached hydrogens (tertiary/aromatic N) is 1. The zero-order valence-corrected chi connectivity index (χ0v) is 12.2. The lowest BCUT2D eigenvalue weighted by atomic mass is 9.94. The van der Waals surface area contributed by atoms with Crippen LogP contribution in [0.25, 0.3) is 22.0 Å². The molecule has 1 heteroatoms. The molecule has 1 aromatic heterocycles. The predicted octanol–water partition coefficient (Wildman–Crippen LogP) is 5.29. The molecule has 0 saturated carbocycles. The summed E-state index contributed by atoms with van der Waals surface area (Å²) in [5, 5.41) is 1.41. The molecule has 2 heterocycles. The molecular weight excluding hydrogens is 242 g/mol. The van der Waals surface area contributed by atoms with Gasteiger partial charge in [0.15, 0.2) is 0 Å². The van der Waals surface area contributed by atoms with Crippen LogP contribution in [0.1, 0.15) is 37.1 Å². The van der Waals surface area contributed by atoms with Gasteiger partial charge in [0.2, 0.25) is 0 Å². The summed E-state index contributed by atoms with van der Waals surface area (Å²) in [5.41, 5.74) is 7.08. The van der Waals surface area contributed by atoms with Gasteiger partial charge in [-0.15, -0.1) is 0 Å². The molecule has 0 radical (unpaired) electrons. The number of rotatable bonds is 1. The second-order valence-corrected chi connectivity index (χ2v) is 5.97. The Hall–Kier alpha value is -2.02. The highest BCUT2D eigenvalue weighted by molar-refractivity contribution is 6.00. The average Bonchev–Trinajstić information content (AvgIpc) is 2.91. The zero-order valence-electron chi connectivity index (χ0n) is 12.2. The van der Waals surface area contributed by atoms with E-state index in [0.29, 0.717) is 12.0 Å². The quantitative estimate of drug-likeness (QED) is 0.560. The minimum Gasteiger partial charge on any atom is -0.341 e. The monoisotopic (exact) mass is 261 g/mol. The molecule has 0 bridgehead atoms. The highest BCUT2D eigenvalue weighted by Crippen LogP contribution is 2.47. The van der Waals surface area contributed by atoms with E-state index in [2.05, 4.69) is 73.9 Å². The van der Waals surface area contributed by atoms with Crippen molar-refractivity contribution in [1.82, 2.24) is 4.57 Å². The molecule has 3 aromatic rings. The molecule has 0 spiro atoms. The summed E-state index contributed by atoms with van der Waals surface area (Å²) in [6.07, 6.45) is 0. The first kappa shape index (κ1) is 11.8. The summed E-state index contributed by atoms with van der Waals surface area (Å²) in [4.78, 5) is 0. The van der Waals surface area contributed by atoms with Crippen molar-refractivity contribution in [2.24, 2.45) is 0 Å². The molecule has 4 rings (SSSR count). The van der Waals surface area contributed by atoms with Crippen molar-refractivity contribution in [1.29, 1.82) is 0 Å². The van der Waals surface area contributed by atoms with Crippen molar-refractivity contribution in [2.45, 2.75) is 32.7 Å². The van der Waals surface area contributed by atoms with Crippen LogP contribution in [-0.2, 0) is 0 Å². The lowest BCUT2D eigenvalue weighted by Crippen LogP contribution is -2.06. The van der Waals surface area contributed by atoms with Crippen molar-refractivity contribution < 1.29 is 0 Å². The Bertz CT molecular complexity index is 795. The van der Waals surface area contributed by atoms with Crippen LogP contribution in [0.5, 0.6) is 0 Å². The Morgan fingerprint density at radius 2 is 1.65 bits per heavy atom. The Morgan fingerprint density at radius 3 is 2.40 bits per heavy atom. The predicted molar refractivity (Wildman–Crippen MR) is 85.2 cm³/mol. The third-order valence-corrected chi connectivity index (χ3v) is 4.98. The third kappa shape index (κ3) is 1.33. The fraction of sp³-hybridized carbons (Fsp3) is 0.263. The largest absolute Gasteiger partial charge is 0.341 e. The molecule has 0 saturated heterocycles. The van der Waals surface area contributed by atoms with Gasteiger partial charge in [-0.05, 0) is 25.0 Å². The van der Waals surface area contributed by atoms with E-state index in [9.17, 15) is 0 Å². The van der Waals surface area contributed by atoms with Gasteiger partial charge in [-0.3, -0.25) is 0 Å². The molecule has 1 aliphatic rings. The lowest BCUT2D eigenvalue weighted by molar-refractivity contribution is 0.507. The fourth-order valence-corrected chi connectivity index (χ4v) is 3.84. The molecule has 2 aromatic carbocycles. The van der Waals surface area contributed by atoms with Crippen LogP contribution < -0.4 is 0 Å². The van der Waals surface area contributed by atoms with Crippen LogP contribution in [-0.4, -0.2) is 4.57 Å². The molecule has 2 atom stereocenters. The maximum atomic E-state index is 2.54. The topological polar surface area (TPSA) is 4.93 Å². The van der Waals surface area contributed by atoms with Gasteiger partial charge in [-0.25, -0.2) is 0 Å². The van der Waals surface area contributed by atoms with Crippen LogP contribution in [0, 0.1) is 6.92 Å². The van der Waals surface area contributed by atoms with Crippen LogP contribution in [0.15, 0.2) is 48.5 Å². The van der Waals surface area contributed by atoms with Crippen molar-refractivity contribution in [3.05, 3.63) is 59.8 Å². The highest BCUT2D eigenvalue weighted by atomic mass is 15.1. The van der Waals surface area contributed by atoms with E-state index < -0.39 is 0 Å². The Labute approximate surface area is 119 Å². The van der Waals surface area contributed by atoms with Gasteiger partial charge in [-0.1, -0.05) is 55.5 Å². The maximum Gasteiger partial charge on any atom is 0.0527 e. The van der Waals surface area contributed by atoms with Crippen LogP contribution in [0.4, 0.5) is 0 Å². The molecule has 0 fully saturated rings. The molecule has 0 amide bonds. The van der Waals surface area contributed by atoms with Crippen molar-refractivity contribution in [3.8, 4) is 11.1 Å². The molecule has 0 N–H and O–H groups in total. The maximum absolute atomic E-state index is 2.54. The van der Waals surface area contributed by atoms with Crippen LogP contribution in [0.2, 0.25) is 0 Å². The van der Waals surface area contributed by atoms with Crippen LogP contribution >= 0.6 is 0 Å². The van der Waals surface area contributed by atoms with Gasteiger partial charge in [0, 0.05) is 28.6 Å². The second-order valence-electron chi connectivity index (χ2n) is 5.97. The minimum absolute atomic E-state index is 0.548. The van der Waals surface area contributed by atoms with E-state index in [4.69, 9.17) is 0 Å². The first-order valence-electron chi connectivity index (χ1n) is 7.39. The normalized spacial score (nSPS) is 20.8. The van der Waals surface area contributed by atoms with E-state index in [1.807, 2.05) is 0 Å². The summed E-state index contributed by atoms with van der Waals surface area (Å²) < 4.78 is 2.54. The van der Waals surface area contributed by atoms with Gasteiger partial charge >= 0.3 is 0 Å². The summed E-state index contributed by atoms with van der Waals surface area (Å²) in [6, 6.07) is 18.1. The number of hydrogen-bond acceptors (Lipinski definition) is 0. The van der Waals surface area contributed by atoms with E-state index in [1.165, 1.54) is 33.3 Å². The van der Waals surface area contributed by atoms with Crippen molar-refractivity contribution in [2.75, 3.05) is 0 Å². The second kappa shape index (κ2) is 3.99. The summed E-state index contributed by atoms with van der Waals surface area (Å²) in [6.45, 7) is 6.95. The van der Waals surface area contributed by atoms with Gasteiger partial charge in [0.25, 0.3) is 0 Å². The third-order valence-electron chi connectivity index (χ3n) is 4.98. The fourth-order valence-electron chi connectivity index (χ4n) is 3.84. The zero-order chi connectivity index (χ0) is 13.9. The smallest absolute Gasteiger partial charge is 0.0527 e. The molecule has 2 unspecified atom stereocenters. The van der Waals surface area contributed by atoms with E-state index in [0.717, 1.165) is 0 Å². The van der Waals surface area contributed by atoms with Gasteiger partial charge in [0.1, 0.15) is 0 Å². The van der Waals surface area contributed by atoms with E-state index in [1.54, 1.807) is 0 Å². The number of para-hydroxylation sites is 1. The molecule has 20 heavy (non-hydrogen) atoms. The number of aromatic nitrogens is 1. The average molecular weight is 261 g/mol. The summed E-state index contributed by atoms with van der Waals surface area (Å²) in [5.74, 6) is 0.609. The van der Waals surface area contributed by atoms with Gasteiger partial charge < -0.3 is 4.57 Å². The summed E-state index contributed by atoms with van der Waals surface area (Å²) >= 11 is 0.